The van der Waals surface area contributed by atoms with E-state index in [1.165, 1.54) is 11.8 Å². The van der Waals surface area contributed by atoms with Gasteiger partial charge in [0.2, 0.25) is 0 Å². The molecular formula is C22H26N4O3S. The van der Waals surface area contributed by atoms with Crippen molar-refractivity contribution in [2.24, 2.45) is 0 Å². The number of para-hydroxylation sites is 2. The molecule has 30 heavy (non-hydrogen) atoms. The number of benzene rings is 2. The molecule has 1 aromatic heterocycles. The molecule has 0 unspecified atom stereocenters. The van der Waals surface area contributed by atoms with Gasteiger partial charge in [-0.2, -0.15) is 0 Å². The van der Waals surface area contributed by atoms with Gasteiger partial charge in [-0.3, -0.25) is 9.36 Å². The first-order valence-corrected chi connectivity index (χ1v) is 11.0. The lowest BCUT2D eigenvalue weighted by atomic mass is 10.2. The van der Waals surface area contributed by atoms with Crippen LogP contribution < -0.4 is 14.8 Å². The Labute approximate surface area is 180 Å². The Morgan fingerprint density at radius 2 is 1.90 bits per heavy atom. The van der Waals surface area contributed by atoms with E-state index in [1.54, 1.807) is 19.2 Å². The molecule has 0 radical (unpaired) electrons. The van der Waals surface area contributed by atoms with E-state index in [-0.39, 0.29) is 12.5 Å². The van der Waals surface area contributed by atoms with Gasteiger partial charge in [0.15, 0.2) is 11.0 Å². The average molecular weight is 427 g/mol. The van der Waals surface area contributed by atoms with Crippen LogP contribution in [0.3, 0.4) is 0 Å². The number of carbonyl (C=O) groups is 1. The highest BCUT2D eigenvalue weighted by atomic mass is 32.2. The number of amides is 1. The van der Waals surface area contributed by atoms with Gasteiger partial charge in [-0.05, 0) is 49.1 Å². The Kier molecular flexibility index (Phi) is 7.73. The standard InChI is InChI=1S/C22H26N4O3S/c1-4-5-14-29-17-12-10-16(11-13-17)21(27)23-15-20-24-25-22(30-3)26(20)18-8-6-7-9-19(18)28-2/h6-13H,4-5,14-15H2,1-3H3,(H,23,27). The summed E-state index contributed by atoms with van der Waals surface area (Å²) < 4.78 is 13.0. The second-order valence-corrected chi connectivity index (χ2v) is 7.29. The van der Waals surface area contributed by atoms with Crippen LogP contribution in [0.2, 0.25) is 0 Å². The Hall–Kier alpha value is -3.00. The maximum atomic E-state index is 12.6. The molecule has 0 aliphatic rings. The quantitative estimate of drug-likeness (QED) is 0.388. The Bertz CT molecular complexity index is 973. The van der Waals surface area contributed by atoms with Crippen LogP contribution in [0.25, 0.3) is 5.69 Å². The van der Waals surface area contributed by atoms with Crippen LogP contribution in [0, 0.1) is 0 Å². The number of methoxy groups -OCH3 is 1. The van der Waals surface area contributed by atoms with Gasteiger partial charge in [0.1, 0.15) is 11.5 Å². The molecule has 3 aromatic rings. The Balaban J connectivity index is 1.72. The van der Waals surface area contributed by atoms with Crippen LogP contribution >= 0.6 is 11.8 Å². The van der Waals surface area contributed by atoms with Crippen molar-refractivity contribution in [2.75, 3.05) is 20.0 Å². The highest BCUT2D eigenvalue weighted by Gasteiger charge is 2.17. The van der Waals surface area contributed by atoms with Crippen LogP contribution in [-0.4, -0.2) is 40.6 Å². The summed E-state index contributed by atoms with van der Waals surface area (Å²) in [5, 5.41) is 12.1. The predicted octanol–water partition coefficient (Wildman–Crippen LogP) is 4.11. The summed E-state index contributed by atoms with van der Waals surface area (Å²) >= 11 is 1.48. The van der Waals surface area contributed by atoms with Gasteiger partial charge in [0.25, 0.3) is 5.91 Å². The fourth-order valence-electron chi connectivity index (χ4n) is 2.90. The summed E-state index contributed by atoms with van der Waals surface area (Å²) in [6, 6.07) is 14.8. The summed E-state index contributed by atoms with van der Waals surface area (Å²) in [7, 11) is 1.62. The topological polar surface area (TPSA) is 78.3 Å². The fourth-order valence-corrected chi connectivity index (χ4v) is 3.41. The van der Waals surface area contributed by atoms with Crippen molar-refractivity contribution in [3.05, 3.63) is 59.9 Å². The van der Waals surface area contributed by atoms with Crippen molar-refractivity contribution < 1.29 is 14.3 Å². The van der Waals surface area contributed by atoms with E-state index in [0.717, 1.165) is 29.4 Å². The van der Waals surface area contributed by atoms with E-state index in [0.29, 0.717) is 23.7 Å². The third kappa shape index (κ3) is 5.13. The predicted molar refractivity (Wildman–Crippen MR) is 118 cm³/mol. The number of unbranched alkanes of at least 4 members (excludes halogenated alkanes) is 1. The number of nitrogens with zero attached hydrogens (tertiary/aromatic N) is 3. The average Bonchev–Trinajstić information content (AvgIpc) is 3.20. The van der Waals surface area contributed by atoms with Gasteiger partial charge in [-0.25, -0.2) is 0 Å². The molecule has 2 aromatic carbocycles. The van der Waals surface area contributed by atoms with Crippen LogP contribution in [0.4, 0.5) is 0 Å². The van der Waals surface area contributed by atoms with E-state index >= 15 is 0 Å². The normalized spacial score (nSPS) is 10.6. The molecule has 0 atom stereocenters. The molecule has 0 fully saturated rings. The number of carbonyl (C=O) groups excluding carboxylic acids is 1. The molecular weight excluding hydrogens is 400 g/mol. The number of aromatic nitrogens is 3. The van der Waals surface area contributed by atoms with Crippen molar-refractivity contribution in [3.8, 4) is 17.2 Å². The van der Waals surface area contributed by atoms with Crippen molar-refractivity contribution in [1.29, 1.82) is 0 Å². The molecule has 1 N–H and O–H groups in total. The molecule has 1 amide bonds. The van der Waals surface area contributed by atoms with Crippen molar-refractivity contribution in [1.82, 2.24) is 20.1 Å². The van der Waals surface area contributed by atoms with Gasteiger partial charge >= 0.3 is 0 Å². The first kappa shape index (κ1) is 21.7. The zero-order valence-corrected chi connectivity index (χ0v) is 18.2. The van der Waals surface area contributed by atoms with Gasteiger partial charge in [0.05, 0.1) is 25.9 Å². The number of hydrogen-bond acceptors (Lipinski definition) is 6. The third-order valence-electron chi connectivity index (χ3n) is 4.50. The number of hydrogen-bond donors (Lipinski definition) is 1. The molecule has 0 saturated heterocycles. The Morgan fingerprint density at radius 1 is 1.13 bits per heavy atom. The smallest absolute Gasteiger partial charge is 0.251 e. The number of rotatable bonds is 10. The number of ether oxygens (including phenoxy) is 2. The van der Waals surface area contributed by atoms with Crippen LogP contribution in [0.1, 0.15) is 35.9 Å². The molecule has 0 aliphatic heterocycles. The molecule has 1 heterocycles. The molecule has 0 spiro atoms. The largest absolute Gasteiger partial charge is 0.495 e. The SMILES string of the molecule is CCCCOc1ccc(C(=O)NCc2nnc(SC)n2-c2ccccc2OC)cc1. The molecule has 158 valence electrons. The summed E-state index contributed by atoms with van der Waals surface area (Å²) in [4.78, 5) is 12.6. The number of nitrogens with one attached hydrogen (secondary N) is 1. The zero-order chi connectivity index (χ0) is 21.3. The summed E-state index contributed by atoms with van der Waals surface area (Å²) in [6.45, 7) is 3.03. The van der Waals surface area contributed by atoms with Crippen molar-refractivity contribution in [3.63, 3.8) is 0 Å². The molecule has 7 nitrogen and oxygen atoms in total. The number of thioether (sulfide) groups is 1. The van der Waals surface area contributed by atoms with E-state index < -0.39 is 0 Å². The van der Waals surface area contributed by atoms with Crippen molar-refractivity contribution >= 4 is 17.7 Å². The molecule has 0 bridgehead atoms. The first-order chi connectivity index (χ1) is 14.7. The first-order valence-electron chi connectivity index (χ1n) is 9.80. The summed E-state index contributed by atoms with van der Waals surface area (Å²) in [6.07, 6.45) is 4.02. The fraction of sp³-hybridized carbons (Fsp3) is 0.318. The monoisotopic (exact) mass is 426 g/mol. The molecule has 3 rings (SSSR count). The minimum absolute atomic E-state index is 0.185. The minimum atomic E-state index is -0.185. The maximum absolute atomic E-state index is 12.6. The van der Waals surface area contributed by atoms with Crippen LogP contribution in [-0.2, 0) is 6.54 Å². The lowest BCUT2D eigenvalue weighted by molar-refractivity contribution is 0.0949. The summed E-state index contributed by atoms with van der Waals surface area (Å²) in [5.41, 5.74) is 1.39. The highest BCUT2D eigenvalue weighted by molar-refractivity contribution is 7.98. The lowest BCUT2D eigenvalue weighted by Crippen LogP contribution is -2.24. The highest BCUT2D eigenvalue weighted by Crippen LogP contribution is 2.27. The maximum Gasteiger partial charge on any atom is 0.251 e. The second-order valence-electron chi connectivity index (χ2n) is 6.52. The lowest BCUT2D eigenvalue weighted by Gasteiger charge is -2.13. The van der Waals surface area contributed by atoms with Gasteiger partial charge in [-0.1, -0.05) is 37.2 Å². The van der Waals surface area contributed by atoms with E-state index in [4.69, 9.17) is 9.47 Å². The van der Waals surface area contributed by atoms with Gasteiger partial charge in [0, 0.05) is 5.56 Å². The zero-order valence-electron chi connectivity index (χ0n) is 17.4. The minimum Gasteiger partial charge on any atom is -0.495 e. The van der Waals surface area contributed by atoms with Crippen LogP contribution in [0.5, 0.6) is 11.5 Å². The summed E-state index contributed by atoms with van der Waals surface area (Å²) in [5.74, 6) is 1.91. The van der Waals surface area contributed by atoms with E-state index in [1.807, 2.05) is 47.2 Å². The Morgan fingerprint density at radius 3 is 2.60 bits per heavy atom. The third-order valence-corrected chi connectivity index (χ3v) is 5.13. The van der Waals surface area contributed by atoms with E-state index in [9.17, 15) is 4.79 Å². The van der Waals surface area contributed by atoms with Crippen molar-refractivity contribution in [2.45, 2.75) is 31.5 Å². The molecule has 8 heteroatoms. The van der Waals surface area contributed by atoms with Gasteiger partial charge in [-0.15, -0.1) is 10.2 Å². The van der Waals surface area contributed by atoms with Gasteiger partial charge < -0.3 is 14.8 Å². The van der Waals surface area contributed by atoms with Crippen LogP contribution in [0.15, 0.2) is 53.7 Å². The molecule has 0 aliphatic carbocycles. The molecule has 0 saturated carbocycles. The van der Waals surface area contributed by atoms with E-state index in [2.05, 4.69) is 22.4 Å². The second kappa shape index (κ2) is 10.7.